The van der Waals surface area contributed by atoms with E-state index in [1.54, 1.807) is 0 Å². The van der Waals surface area contributed by atoms with Gasteiger partial charge in [-0.3, -0.25) is 4.79 Å². The number of Topliss-reactive ketones (excluding diaryl/α,β-unsaturated/α-hetero) is 1. The van der Waals surface area contributed by atoms with Gasteiger partial charge in [0.05, 0.1) is 42.5 Å². The van der Waals surface area contributed by atoms with Crippen molar-refractivity contribution in [3.8, 4) is 0 Å². The second kappa shape index (κ2) is 21.7. The zero-order valence-electron chi connectivity index (χ0n) is 28.2. The number of hydrogen-bond donors (Lipinski definition) is 2. The molecule has 3 fully saturated rings. The monoisotopic (exact) mass is 622 g/mol. The number of aliphatic hydroxyl groups is 2. The third-order valence-corrected chi connectivity index (χ3v) is 10.3. The lowest BCUT2D eigenvalue weighted by Crippen LogP contribution is -2.33. The van der Waals surface area contributed by atoms with Crippen molar-refractivity contribution in [1.29, 1.82) is 0 Å². The first-order valence-electron chi connectivity index (χ1n) is 18.7. The molecule has 0 radical (unpaired) electrons. The molecule has 7 heteroatoms. The molecule has 3 aliphatic heterocycles. The van der Waals surface area contributed by atoms with Gasteiger partial charge in [-0.05, 0) is 64.7 Å². The fourth-order valence-corrected chi connectivity index (χ4v) is 7.55. The van der Waals surface area contributed by atoms with Crippen molar-refractivity contribution in [3.05, 3.63) is 0 Å². The predicted molar refractivity (Wildman–Crippen MR) is 174 cm³/mol. The fraction of sp³-hybridized carbons (Fsp3) is 0.946. The van der Waals surface area contributed by atoms with Crippen LogP contribution < -0.4 is 0 Å². The molecule has 8 atom stereocenters. The number of ether oxygens (including phenoxy) is 3. The van der Waals surface area contributed by atoms with Crippen LogP contribution in [0.5, 0.6) is 0 Å². The molecule has 2 N–H and O–H groups in total. The molecule has 44 heavy (non-hydrogen) atoms. The topological polar surface area (TPSA) is 102 Å². The summed E-state index contributed by atoms with van der Waals surface area (Å²) in [7, 11) is 0. The van der Waals surface area contributed by atoms with Gasteiger partial charge in [-0.1, -0.05) is 103 Å². The molecule has 0 amide bonds. The lowest BCUT2D eigenvalue weighted by atomic mass is 9.96. The van der Waals surface area contributed by atoms with E-state index in [9.17, 15) is 19.8 Å². The number of hydrogen-bond acceptors (Lipinski definition) is 7. The van der Waals surface area contributed by atoms with E-state index in [0.717, 1.165) is 77.0 Å². The molecule has 0 aliphatic carbocycles. The molecule has 0 bridgehead atoms. The van der Waals surface area contributed by atoms with Crippen LogP contribution in [-0.2, 0) is 23.8 Å². The van der Waals surface area contributed by atoms with Gasteiger partial charge in [0.25, 0.3) is 0 Å². The number of rotatable bonds is 25. The van der Waals surface area contributed by atoms with E-state index >= 15 is 0 Å². The number of aliphatic hydroxyl groups excluding tert-OH is 2. The van der Waals surface area contributed by atoms with Crippen molar-refractivity contribution >= 4 is 11.8 Å². The van der Waals surface area contributed by atoms with Gasteiger partial charge in [0.2, 0.25) is 0 Å². The standard InChI is InChI=1S/C37H66O7/c1-3-4-5-6-7-11-14-17-20-31(39)33-22-24-35(43-33)36-25-23-34(44-36)32(40)21-18-15-12-9-8-10-13-16-19-30-27-29(26-28(2)38)37(41)42-30/h29-36,39-40H,3-27H2,1-2H3/t29?,30-,31+,32-,33-,34-,35+,36+/m1/s1. The number of ketones is 1. The Balaban J connectivity index is 1.13. The summed E-state index contributed by atoms with van der Waals surface area (Å²) in [6.45, 7) is 3.79. The molecule has 0 spiro atoms. The molecule has 0 aromatic carbocycles. The fourth-order valence-electron chi connectivity index (χ4n) is 7.55. The number of unbranched alkanes of at least 4 members (excludes halogenated alkanes) is 14. The molecule has 3 heterocycles. The number of esters is 1. The van der Waals surface area contributed by atoms with Gasteiger partial charge in [0, 0.05) is 6.42 Å². The number of carbonyl (C=O) groups is 2. The van der Waals surface area contributed by atoms with Crippen LogP contribution in [0.3, 0.4) is 0 Å². The lowest BCUT2D eigenvalue weighted by Gasteiger charge is -2.24. The molecule has 0 aromatic heterocycles. The Bertz CT molecular complexity index is 788. The van der Waals surface area contributed by atoms with Crippen molar-refractivity contribution in [2.45, 2.75) is 217 Å². The van der Waals surface area contributed by atoms with Crippen molar-refractivity contribution in [1.82, 2.24) is 0 Å². The molecule has 1 unspecified atom stereocenters. The molecule has 3 aliphatic rings. The molecule has 3 saturated heterocycles. The molecule has 256 valence electrons. The molecule has 7 nitrogen and oxygen atoms in total. The van der Waals surface area contributed by atoms with Crippen molar-refractivity contribution in [2.75, 3.05) is 0 Å². The average molecular weight is 623 g/mol. The molecule has 0 aromatic rings. The second-order valence-corrected chi connectivity index (χ2v) is 14.3. The molecule has 3 rings (SSSR count). The second-order valence-electron chi connectivity index (χ2n) is 14.3. The van der Waals surface area contributed by atoms with E-state index in [1.165, 1.54) is 77.6 Å². The van der Waals surface area contributed by atoms with E-state index in [4.69, 9.17) is 14.2 Å². The third kappa shape index (κ3) is 14.2. The maximum atomic E-state index is 11.9. The Morgan fingerprint density at radius 1 is 0.705 bits per heavy atom. The van der Waals surface area contributed by atoms with Crippen molar-refractivity contribution < 1.29 is 34.0 Å². The van der Waals surface area contributed by atoms with Crippen LogP contribution in [0.2, 0.25) is 0 Å². The van der Waals surface area contributed by atoms with E-state index in [0.29, 0.717) is 12.8 Å². The first-order chi connectivity index (χ1) is 21.4. The number of carbonyl (C=O) groups excluding carboxylic acids is 2. The lowest BCUT2D eigenvalue weighted by molar-refractivity contribution is -0.145. The van der Waals surface area contributed by atoms with Gasteiger partial charge < -0.3 is 29.2 Å². The van der Waals surface area contributed by atoms with E-state index in [2.05, 4.69) is 6.92 Å². The van der Waals surface area contributed by atoms with E-state index < -0.39 is 6.10 Å². The highest BCUT2D eigenvalue weighted by atomic mass is 16.6. The van der Waals surface area contributed by atoms with Crippen LogP contribution in [-0.4, -0.2) is 64.7 Å². The summed E-state index contributed by atoms with van der Waals surface area (Å²) in [5.41, 5.74) is 0. The highest BCUT2D eigenvalue weighted by Gasteiger charge is 2.40. The first kappa shape index (κ1) is 37.4. The summed E-state index contributed by atoms with van der Waals surface area (Å²) in [4.78, 5) is 23.1. The minimum Gasteiger partial charge on any atom is -0.462 e. The zero-order valence-corrected chi connectivity index (χ0v) is 28.2. The maximum absolute atomic E-state index is 11.9. The summed E-state index contributed by atoms with van der Waals surface area (Å²) >= 11 is 0. The van der Waals surface area contributed by atoms with Crippen LogP contribution in [0.4, 0.5) is 0 Å². The van der Waals surface area contributed by atoms with Gasteiger partial charge in [0.15, 0.2) is 0 Å². The van der Waals surface area contributed by atoms with Crippen molar-refractivity contribution in [2.24, 2.45) is 5.92 Å². The molecular formula is C37H66O7. The Hall–Kier alpha value is -1.02. The normalized spacial score (nSPS) is 28.4. The van der Waals surface area contributed by atoms with Crippen LogP contribution in [0.1, 0.15) is 174 Å². The highest BCUT2D eigenvalue weighted by Crippen LogP contribution is 2.35. The predicted octanol–water partition coefficient (Wildman–Crippen LogP) is 8.15. The quantitative estimate of drug-likeness (QED) is 0.0782. The third-order valence-electron chi connectivity index (χ3n) is 10.3. The van der Waals surface area contributed by atoms with E-state index in [-0.39, 0.29) is 54.3 Å². The van der Waals surface area contributed by atoms with Gasteiger partial charge >= 0.3 is 5.97 Å². The van der Waals surface area contributed by atoms with Crippen LogP contribution in [0.15, 0.2) is 0 Å². The van der Waals surface area contributed by atoms with Crippen LogP contribution in [0.25, 0.3) is 0 Å². The Labute approximate surface area is 268 Å². The van der Waals surface area contributed by atoms with Crippen LogP contribution in [0, 0.1) is 5.92 Å². The summed E-state index contributed by atoms with van der Waals surface area (Å²) in [5, 5.41) is 21.4. The van der Waals surface area contributed by atoms with Crippen LogP contribution >= 0.6 is 0 Å². The number of cyclic esters (lactones) is 1. The largest absolute Gasteiger partial charge is 0.462 e. The summed E-state index contributed by atoms with van der Waals surface area (Å²) in [5.74, 6) is -0.348. The summed E-state index contributed by atoms with van der Waals surface area (Å²) < 4.78 is 18.0. The average Bonchev–Trinajstić information content (AvgIpc) is 3.75. The van der Waals surface area contributed by atoms with Gasteiger partial charge in [-0.25, -0.2) is 0 Å². The Morgan fingerprint density at radius 2 is 1.16 bits per heavy atom. The first-order valence-corrected chi connectivity index (χ1v) is 18.7. The molecular weight excluding hydrogens is 556 g/mol. The van der Waals surface area contributed by atoms with Crippen molar-refractivity contribution in [3.63, 3.8) is 0 Å². The minimum absolute atomic E-state index is 0.00211. The smallest absolute Gasteiger partial charge is 0.309 e. The SMILES string of the molecule is CCCCCCCCCC[C@H](O)[C@H]1CC[C@@H]([C@@H]2CC[C@H]([C@H](O)CCCCCCCCCC[C@@H]3CC(CC(C)=O)C(=O)O3)O2)O1. The van der Waals surface area contributed by atoms with Gasteiger partial charge in [0.1, 0.15) is 11.9 Å². The minimum atomic E-state index is -0.399. The summed E-state index contributed by atoms with van der Waals surface area (Å²) in [6.07, 6.45) is 26.0. The maximum Gasteiger partial charge on any atom is 0.309 e. The van der Waals surface area contributed by atoms with Gasteiger partial charge in [-0.15, -0.1) is 0 Å². The highest BCUT2D eigenvalue weighted by molar-refractivity contribution is 5.83. The Morgan fingerprint density at radius 3 is 1.64 bits per heavy atom. The zero-order chi connectivity index (χ0) is 31.6. The molecule has 0 saturated carbocycles. The Kier molecular flexibility index (Phi) is 18.5. The summed E-state index contributed by atoms with van der Waals surface area (Å²) in [6, 6.07) is 0. The van der Waals surface area contributed by atoms with Gasteiger partial charge in [-0.2, -0.15) is 0 Å². The van der Waals surface area contributed by atoms with E-state index in [1.807, 2.05) is 0 Å².